The maximum absolute atomic E-state index is 11.8. The van der Waals surface area contributed by atoms with Gasteiger partial charge in [0.1, 0.15) is 5.60 Å². The largest absolute Gasteiger partial charge is 0.444 e. The fourth-order valence-corrected chi connectivity index (χ4v) is 1.90. The first kappa shape index (κ1) is 17.8. The van der Waals surface area contributed by atoms with Crippen molar-refractivity contribution >= 4 is 12.0 Å². The molecule has 0 aromatic heterocycles. The first-order chi connectivity index (χ1) is 10.3. The molecular formula is C17H24N2O3. The molecule has 2 amide bonds. The van der Waals surface area contributed by atoms with Gasteiger partial charge >= 0.3 is 6.09 Å². The number of hydrogen-bond acceptors (Lipinski definition) is 3. The monoisotopic (exact) mass is 304 g/mol. The highest BCUT2D eigenvalue weighted by molar-refractivity contribution is 5.87. The van der Waals surface area contributed by atoms with Crippen LogP contribution in [0.5, 0.6) is 0 Å². The summed E-state index contributed by atoms with van der Waals surface area (Å²) in [6.07, 6.45) is 2.83. The number of rotatable bonds is 6. The van der Waals surface area contributed by atoms with Gasteiger partial charge in [-0.25, -0.2) is 4.79 Å². The predicted octanol–water partition coefficient (Wildman–Crippen LogP) is 2.90. The molecule has 0 aliphatic heterocycles. The third-order valence-electron chi connectivity index (χ3n) is 2.73. The van der Waals surface area contributed by atoms with Crippen molar-refractivity contribution in [2.75, 3.05) is 0 Å². The number of alkyl carbamates (subject to hydrolysis) is 1. The highest BCUT2D eigenvalue weighted by atomic mass is 16.6. The van der Waals surface area contributed by atoms with E-state index in [4.69, 9.17) is 10.5 Å². The van der Waals surface area contributed by atoms with Crippen molar-refractivity contribution in [2.24, 2.45) is 5.73 Å². The van der Waals surface area contributed by atoms with E-state index in [1.807, 2.05) is 30.3 Å². The van der Waals surface area contributed by atoms with Gasteiger partial charge in [-0.1, -0.05) is 30.3 Å². The fraction of sp³-hybridized carbons (Fsp3) is 0.412. The summed E-state index contributed by atoms with van der Waals surface area (Å²) in [6.45, 7) is 5.33. The van der Waals surface area contributed by atoms with Gasteiger partial charge in [0, 0.05) is 11.8 Å². The Bertz CT molecular complexity index is 531. The maximum atomic E-state index is 11.8. The molecule has 5 nitrogen and oxygen atoms in total. The van der Waals surface area contributed by atoms with E-state index < -0.39 is 17.6 Å². The molecule has 1 rings (SSSR count). The van der Waals surface area contributed by atoms with E-state index in [0.29, 0.717) is 12.1 Å². The van der Waals surface area contributed by atoms with Gasteiger partial charge in [-0.3, -0.25) is 10.1 Å². The Hall–Kier alpha value is -2.30. The van der Waals surface area contributed by atoms with E-state index in [2.05, 4.69) is 5.32 Å². The standard InChI is InChI=1S/C17H24N2O3/c1-17(2,3)22-16(21)19-14(12-15(18)20)11-7-10-13-8-5-4-6-9-13/h4-6,8-9,12H,7,10-11H2,1-3H3,(H2,18,20)(H,19,21)/b14-12-. The summed E-state index contributed by atoms with van der Waals surface area (Å²) in [5.74, 6) is -0.592. The van der Waals surface area contributed by atoms with Crippen LogP contribution in [0.1, 0.15) is 39.2 Å². The van der Waals surface area contributed by atoms with Gasteiger partial charge in [0.25, 0.3) is 0 Å². The molecule has 0 saturated heterocycles. The van der Waals surface area contributed by atoms with Crippen molar-refractivity contribution in [1.29, 1.82) is 0 Å². The summed E-state index contributed by atoms with van der Waals surface area (Å²) < 4.78 is 5.17. The Labute approximate surface area is 131 Å². The second-order valence-corrected chi connectivity index (χ2v) is 6.04. The predicted molar refractivity (Wildman–Crippen MR) is 86.0 cm³/mol. The summed E-state index contributed by atoms with van der Waals surface area (Å²) in [7, 11) is 0. The molecule has 0 spiro atoms. The van der Waals surface area contributed by atoms with Gasteiger partial charge in [-0.05, 0) is 45.6 Å². The Morgan fingerprint density at radius 1 is 1.23 bits per heavy atom. The first-order valence-corrected chi connectivity index (χ1v) is 7.30. The lowest BCUT2D eigenvalue weighted by molar-refractivity contribution is -0.113. The molecule has 120 valence electrons. The van der Waals surface area contributed by atoms with E-state index in [1.165, 1.54) is 11.6 Å². The number of carbonyl (C=O) groups excluding carboxylic acids is 2. The van der Waals surface area contributed by atoms with Crippen molar-refractivity contribution in [3.8, 4) is 0 Å². The van der Waals surface area contributed by atoms with Crippen LogP contribution < -0.4 is 11.1 Å². The molecule has 1 aromatic carbocycles. The van der Waals surface area contributed by atoms with E-state index in [-0.39, 0.29) is 0 Å². The minimum atomic E-state index is -0.592. The minimum absolute atomic E-state index is 0.470. The maximum Gasteiger partial charge on any atom is 0.411 e. The molecule has 3 N–H and O–H groups in total. The summed E-state index contributed by atoms with van der Waals surface area (Å²) in [5.41, 5.74) is 6.26. The number of nitrogens with one attached hydrogen (secondary N) is 1. The normalized spacial score (nSPS) is 11.9. The molecule has 0 heterocycles. The molecule has 0 radical (unpaired) electrons. The van der Waals surface area contributed by atoms with E-state index in [1.54, 1.807) is 20.8 Å². The minimum Gasteiger partial charge on any atom is -0.444 e. The number of carbonyl (C=O) groups is 2. The molecule has 0 aliphatic rings. The summed E-state index contributed by atoms with van der Waals surface area (Å²) >= 11 is 0. The zero-order valence-corrected chi connectivity index (χ0v) is 13.4. The van der Waals surface area contributed by atoms with Gasteiger partial charge in [0.15, 0.2) is 0 Å². The highest BCUT2D eigenvalue weighted by Crippen LogP contribution is 2.11. The molecule has 0 fully saturated rings. The topological polar surface area (TPSA) is 81.4 Å². The Morgan fingerprint density at radius 2 is 1.86 bits per heavy atom. The zero-order valence-electron chi connectivity index (χ0n) is 13.4. The van der Waals surface area contributed by atoms with Crippen molar-refractivity contribution in [1.82, 2.24) is 5.32 Å². The lowest BCUT2D eigenvalue weighted by Crippen LogP contribution is -2.32. The summed E-state index contributed by atoms with van der Waals surface area (Å²) in [6, 6.07) is 10.0. The number of benzene rings is 1. The lowest BCUT2D eigenvalue weighted by atomic mass is 10.1. The number of allylic oxidation sites excluding steroid dienone is 1. The molecule has 1 aromatic rings. The Morgan fingerprint density at radius 3 is 2.41 bits per heavy atom. The molecule has 0 atom stereocenters. The molecule has 0 bridgehead atoms. The third-order valence-corrected chi connectivity index (χ3v) is 2.73. The number of primary amides is 1. The van der Waals surface area contributed by atoms with Crippen LogP contribution in [0.3, 0.4) is 0 Å². The Kier molecular flexibility index (Phi) is 6.63. The van der Waals surface area contributed by atoms with Crippen molar-refractivity contribution in [3.05, 3.63) is 47.7 Å². The van der Waals surface area contributed by atoms with Gasteiger partial charge in [0.2, 0.25) is 5.91 Å². The van der Waals surface area contributed by atoms with Crippen LogP contribution in [-0.4, -0.2) is 17.6 Å². The van der Waals surface area contributed by atoms with E-state index in [9.17, 15) is 9.59 Å². The lowest BCUT2D eigenvalue weighted by Gasteiger charge is -2.20. The van der Waals surface area contributed by atoms with Crippen LogP contribution in [0.25, 0.3) is 0 Å². The van der Waals surface area contributed by atoms with Gasteiger partial charge in [-0.2, -0.15) is 0 Å². The van der Waals surface area contributed by atoms with Crippen LogP contribution in [-0.2, 0) is 16.0 Å². The molecule has 0 saturated carbocycles. The van der Waals surface area contributed by atoms with Crippen LogP contribution in [0, 0.1) is 0 Å². The fourth-order valence-electron chi connectivity index (χ4n) is 1.90. The average Bonchev–Trinajstić information content (AvgIpc) is 2.36. The van der Waals surface area contributed by atoms with Crippen LogP contribution in [0.4, 0.5) is 4.79 Å². The van der Waals surface area contributed by atoms with Crippen LogP contribution in [0.15, 0.2) is 42.1 Å². The zero-order chi connectivity index (χ0) is 16.6. The second-order valence-electron chi connectivity index (χ2n) is 6.04. The third kappa shape index (κ3) is 8.09. The number of amides is 2. The van der Waals surface area contributed by atoms with Crippen LogP contribution in [0.2, 0.25) is 0 Å². The molecule has 22 heavy (non-hydrogen) atoms. The first-order valence-electron chi connectivity index (χ1n) is 7.30. The second kappa shape index (κ2) is 8.22. The number of ether oxygens (including phenoxy) is 1. The van der Waals surface area contributed by atoms with Gasteiger partial charge in [-0.15, -0.1) is 0 Å². The van der Waals surface area contributed by atoms with Crippen molar-refractivity contribution < 1.29 is 14.3 Å². The van der Waals surface area contributed by atoms with Gasteiger partial charge in [0.05, 0.1) is 0 Å². The van der Waals surface area contributed by atoms with Gasteiger partial charge < -0.3 is 10.5 Å². The smallest absolute Gasteiger partial charge is 0.411 e. The molecule has 5 heteroatoms. The molecule has 0 aliphatic carbocycles. The molecule has 0 unspecified atom stereocenters. The van der Waals surface area contributed by atoms with Crippen LogP contribution >= 0.6 is 0 Å². The SMILES string of the molecule is CC(C)(C)OC(=O)N/C(=C\C(N)=O)CCCc1ccccc1. The quantitative estimate of drug-likeness (QED) is 0.793. The number of aryl methyl sites for hydroxylation is 1. The average molecular weight is 304 g/mol. The number of nitrogens with two attached hydrogens (primary N) is 1. The van der Waals surface area contributed by atoms with Crippen molar-refractivity contribution in [2.45, 2.75) is 45.6 Å². The van der Waals surface area contributed by atoms with Crippen molar-refractivity contribution in [3.63, 3.8) is 0 Å². The number of hydrogen-bond donors (Lipinski definition) is 2. The van der Waals surface area contributed by atoms with E-state index in [0.717, 1.165) is 12.8 Å². The highest BCUT2D eigenvalue weighted by Gasteiger charge is 2.17. The van der Waals surface area contributed by atoms with E-state index >= 15 is 0 Å². The Balaban J connectivity index is 2.55. The summed E-state index contributed by atoms with van der Waals surface area (Å²) in [4.78, 5) is 22.8. The summed E-state index contributed by atoms with van der Waals surface area (Å²) in [5, 5.41) is 2.59. The molecular weight excluding hydrogens is 280 g/mol.